The van der Waals surface area contributed by atoms with Gasteiger partial charge in [0, 0.05) is 23.5 Å². The molecule has 0 N–H and O–H groups in total. The second-order valence-electron chi connectivity index (χ2n) is 4.67. The molecule has 0 unspecified atom stereocenters. The molecule has 0 radical (unpaired) electrons. The summed E-state index contributed by atoms with van der Waals surface area (Å²) in [7, 11) is 1.41. The second kappa shape index (κ2) is 4.90. The van der Waals surface area contributed by atoms with Crippen molar-refractivity contribution in [3.05, 3.63) is 58.4 Å². The molecule has 0 amide bonds. The van der Waals surface area contributed by atoms with E-state index in [1.165, 1.54) is 13.2 Å². The summed E-state index contributed by atoms with van der Waals surface area (Å²) >= 11 is 0. The van der Waals surface area contributed by atoms with Crippen LogP contribution in [0.25, 0.3) is 16.9 Å². The van der Waals surface area contributed by atoms with Crippen LogP contribution in [0.4, 0.5) is 5.69 Å². The van der Waals surface area contributed by atoms with Gasteiger partial charge in [0.2, 0.25) is 0 Å². The highest BCUT2D eigenvalue weighted by atomic mass is 16.6. The van der Waals surface area contributed by atoms with Crippen LogP contribution in [0.2, 0.25) is 0 Å². The van der Waals surface area contributed by atoms with Crippen molar-refractivity contribution in [1.82, 2.24) is 9.38 Å². The quantitative estimate of drug-likeness (QED) is 0.546. The Morgan fingerprint density at radius 3 is 2.76 bits per heavy atom. The summed E-state index contributed by atoms with van der Waals surface area (Å²) in [5, 5.41) is 11.1. The fourth-order valence-corrected chi connectivity index (χ4v) is 2.28. The first-order valence-electron chi connectivity index (χ1n) is 6.37. The number of benzene rings is 1. The molecule has 0 aliphatic carbocycles. The monoisotopic (exact) mass is 283 g/mol. The van der Waals surface area contributed by atoms with Crippen LogP contribution in [0.1, 0.15) is 5.69 Å². The van der Waals surface area contributed by atoms with Crippen molar-refractivity contribution in [1.29, 1.82) is 0 Å². The Bertz CT molecular complexity index is 839. The van der Waals surface area contributed by atoms with Gasteiger partial charge in [0.1, 0.15) is 5.65 Å². The molecule has 0 spiro atoms. The summed E-state index contributed by atoms with van der Waals surface area (Å²) in [5.74, 6) is 0.240. The number of imidazole rings is 1. The van der Waals surface area contributed by atoms with E-state index in [2.05, 4.69) is 4.98 Å². The molecule has 2 heterocycles. The van der Waals surface area contributed by atoms with Crippen molar-refractivity contribution < 1.29 is 9.66 Å². The molecule has 6 nitrogen and oxygen atoms in total. The molecular formula is C15H13N3O3. The molecule has 0 bridgehead atoms. The third kappa shape index (κ3) is 2.20. The van der Waals surface area contributed by atoms with E-state index in [-0.39, 0.29) is 11.4 Å². The molecule has 0 aliphatic rings. The van der Waals surface area contributed by atoms with Gasteiger partial charge in [0.25, 0.3) is 0 Å². The first-order chi connectivity index (χ1) is 10.1. The van der Waals surface area contributed by atoms with E-state index >= 15 is 0 Å². The number of nitro benzene ring substituents is 1. The van der Waals surface area contributed by atoms with Crippen LogP contribution in [0.5, 0.6) is 5.75 Å². The zero-order valence-electron chi connectivity index (χ0n) is 11.6. The van der Waals surface area contributed by atoms with E-state index in [0.29, 0.717) is 11.3 Å². The number of aromatic nitrogens is 2. The molecule has 0 aliphatic heterocycles. The van der Waals surface area contributed by atoms with Crippen LogP contribution in [0, 0.1) is 17.0 Å². The van der Waals surface area contributed by atoms with E-state index in [4.69, 9.17) is 4.74 Å². The smallest absolute Gasteiger partial charge is 0.311 e. The molecule has 0 atom stereocenters. The van der Waals surface area contributed by atoms with Crippen molar-refractivity contribution in [2.75, 3.05) is 7.11 Å². The van der Waals surface area contributed by atoms with Gasteiger partial charge >= 0.3 is 5.69 Å². The van der Waals surface area contributed by atoms with Gasteiger partial charge in [-0.2, -0.15) is 0 Å². The van der Waals surface area contributed by atoms with Gasteiger partial charge in [-0.1, -0.05) is 6.07 Å². The van der Waals surface area contributed by atoms with Crippen molar-refractivity contribution in [2.24, 2.45) is 0 Å². The Labute approximate surface area is 120 Å². The lowest BCUT2D eigenvalue weighted by atomic mass is 10.1. The van der Waals surface area contributed by atoms with E-state index in [0.717, 1.165) is 11.3 Å². The molecule has 1 aromatic carbocycles. The maximum Gasteiger partial charge on any atom is 0.311 e. The molecule has 3 rings (SSSR count). The maximum atomic E-state index is 11.1. The third-order valence-electron chi connectivity index (χ3n) is 3.37. The van der Waals surface area contributed by atoms with Gasteiger partial charge in [-0.3, -0.25) is 10.1 Å². The first kappa shape index (κ1) is 13.1. The normalized spacial score (nSPS) is 10.8. The van der Waals surface area contributed by atoms with Gasteiger partial charge in [-0.15, -0.1) is 0 Å². The molecule has 21 heavy (non-hydrogen) atoms. The molecule has 0 saturated heterocycles. The van der Waals surface area contributed by atoms with Crippen LogP contribution in [-0.2, 0) is 0 Å². The largest absolute Gasteiger partial charge is 0.490 e. The number of hydrogen-bond acceptors (Lipinski definition) is 4. The van der Waals surface area contributed by atoms with Gasteiger partial charge in [0.05, 0.1) is 17.7 Å². The van der Waals surface area contributed by atoms with Crippen LogP contribution in [-0.4, -0.2) is 21.4 Å². The van der Waals surface area contributed by atoms with E-state index < -0.39 is 4.92 Å². The summed E-state index contributed by atoms with van der Waals surface area (Å²) in [4.78, 5) is 15.1. The molecule has 0 saturated carbocycles. The SMILES string of the molecule is COc1ccc(-c2cn3c(C)cccc3n2)cc1[N+](=O)[O-]. The van der Waals surface area contributed by atoms with Crippen LogP contribution in [0.3, 0.4) is 0 Å². The Hall–Kier alpha value is -2.89. The standard InChI is InChI=1S/C15H13N3O3/c1-10-4-3-5-15-16-12(9-17(10)15)11-6-7-14(21-2)13(8-11)18(19)20/h3-9H,1-2H3. The van der Waals surface area contributed by atoms with Crippen molar-refractivity contribution in [3.63, 3.8) is 0 Å². The molecule has 0 fully saturated rings. The van der Waals surface area contributed by atoms with Gasteiger partial charge in [-0.25, -0.2) is 4.98 Å². The Kier molecular flexibility index (Phi) is 3.06. The number of methoxy groups -OCH3 is 1. The lowest BCUT2D eigenvalue weighted by Crippen LogP contribution is -1.94. The number of nitrogens with zero attached hydrogens (tertiary/aromatic N) is 3. The Morgan fingerprint density at radius 2 is 2.10 bits per heavy atom. The number of rotatable bonds is 3. The zero-order chi connectivity index (χ0) is 15.0. The number of ether oxygens (including phenoxy) is 1. The minimum Gasteiger partial charge on any atom is -0.490 e. The summed E-state index contributed by atoms with van der Waals surface area (Å²) < 4.78 is 6.96. The molecular weight excluding hydrogens is 270 g/mol. The minimum atomic E-state index is -0.455. The molecule has 2 aromatic heterocycles. The number of fused-ring (bicyclic) bond motifs is 1. The van der Waals surface area contributed by atoms with Gasteiger partial charge < -0.3 is 9.14 Å². The lowest BCUT2D eigenvalue weighted by molar-refractivity contribution is -0.385. The summed E-state index contributed by atoms with van der Waals surface area (Å²) in [6.45, 7) is 1.98. The van der Waals surface area contributed by atoms with Crippen LogP contribution in [0.15, 0.2) is 42.6 Å². The predicted octanol–water partition coefficient (Wildman–Crippen LogP) is 3.23. The third-order valence-corrected chi connectivity index (χ3v) is 3.37. The minimum absolute atomic E-state index is 0.0659. The maximum absolute atomic E-state index is 11.1. The van der Waals surface area contributed by atoms with Gasteiger partial charge in [0.15, 0.2) is 5.75 Å². The highest BCUT2D eigenvalue weighted by molar-refractivity contribution is 5.68. The summed E-state index contributed by atoms with van der Waals surface area (Å²) in [5.41, 5.74) is 3.17. The van der Waals surface area contributed by atoms with Crippen molar-refractivity contribution in [2.45, 2.75) is 6.92 Å². The van der Waals surface area contributed by atoms with Crippen molar-refractivity contribution >= 4 is 11.3 Å². The molecule has 6 heteroatoms. The molecule has 106 valence electrons. The topological polar surface area (TPSA) is 69.7 Å². The van der Waals surface area contributed by atoms with Crippen LogP contribution >= 0.6 is 0 Å². The highest BCUT2D eigenvalue weighted by Crippen LogP contribution is 2.31. The number of nitro groups is 1. The number of aryl methyl sites for hydroxylation is 1. The van der Waals surface area contributed by atoms with E-state index in [9.17, 15) is 10.1 Å². The zero-order valence-corrected chi connectivity index (χ0v) is 11.6. The first-order valence-corrected chi connectivity index (χ1v) is 6.37. The van der Waals surface area contributed by atoms with Crippen molar-refractivity contribution in [3.8, 4) is 17.0 Å². The highest BCUT2D eigenvalue weighted by Gasteiger charge is 2.17. The second-order valence-corrected chi connectivity index (χ2v) is 4.67. The number of pyridine rings is 1. The molecule has 3 aromatic rings. The van der Waals surface area contributed by atoms with E-state index in [1.54, 1.807) is 12.1 Å². The Morgan fingerprint density at radius 1 is 1.29 bits per heavy atom. The summed E-state index contributed by atoms with van der Waals surface area (Å²) in [6.07, 6.45) is 1.87. The Balaban J connectivity index is 2.16. The van der Waals surface area contributed by atoms with Crippen LogP contribution < -0.4 is 4.74 Å². The average molecular weight is 283 g/mol. The lowest BCUT2D eigenvalue weighted by Gasteiger charge is -2.02. The van der Waals surface area contributed by atoms with E-state index in [1.807, 2.05) is 35.7 Å². The fraction of sp³-hybridized carbons (Fsp3) is 0.133. The average Bonchev–Trinajstić information content (AvgIpc) is 2.92. The van der Waals surface area contributed by atoms with Gasteiger partial charge in [-0.05, 0) is 31.2 Å². The fourth-order valence-electron chi connectivity index (χ4n) is 2.28. The number of hydrogen-bond donors (Lipinski definition) is 0. The summed E-state index contributed by atoms with van der Waals surface area (Å²) in [6, 6.07) is 10.6. The predicted molar refractivity (Wildman–Crippen MR) is 78.6 cm³/mol.